The number of hydrogen-bond acceptors (Lipinski definition) is 6. The fourth-order valence-electron chi connectivity index (χ4n) is 4.95. The van der Waals surface area contributed by atoms with Crippen LogP contribution in [0.3, 0.4) is 0 Å². The Kier molecular flexibility index (Phi) is 12.7. The largest absolute Gasteiger partial charge is 0.490 e. The van der Waals surface area contributed by atoms with Crippen molar-refractivity contribution in [3.05, 3.63) is 87.7 Å². The van der Waals surface area contributed by atoms with Crippen LogP contribution >= 0.6 is 48.0 Å². The number of nitrogens with zero attached hydrogens (tertiary/aromatic N) is 3. The zero-order valence-corrected chi connectivity index (χ0v) is 27.7. The molecule has 0 bridgehead atoms. The van der Waals surface area contributed by atoms with E-state index < -0.39 is 0 Å². The number of amidine groups is 2. The summed E-state index contributed by atoms with van der Waals surface area (Å²) in [5, 5.41) is 19.4. The minimum absolute atomic E-state index is 0. The molecule has 1 aromatic heterocycles. The fraction of sp³-hybridized carbons (Fsp3) is 0.290. The molecule has 14 heteroatoms. The van der Waals surface area contributed by atoms with Gasteiger partial charge in [-0.2, -0.15) is 0 Å². The van der Waals surface area contributed by atoms with E-state index in [1.165, 1.54) is 0 Å². The number of rotatable bonds is 10. The number of halogens is 4. The molecule has 3 aromatic carbocycles. The summed E-state index contributed by atoms with van der Waals surface area (Å²) in [4.78, 5) is 19.8. The number of nitrogen functional groups attached to an aromatic ring is 1. The van der Waals surface area contributed by atoms with Gasteiger partial charge >= 0.3 is 0 Å². The molecular formula is C31H35Cl4N7O3. The molecule has 10 nitrogen and oxygen atoms in total. The summed E-state index contributed by atoms with van der Waals surface area (Å²) >= 11 is 12.1. The fourth-order valence-corrected chi connectivity index (χ4v) is 5.27. The van der Waals surface area contributed by atoms with Crippen molar-refractivity contribution in [3.63, 3.8) is 0 Å². The highest BCUT2D eigenvalue weighted by atomic mass is 35.5. The summed E-state index contributed by atoms with van der Waals surface area (Å²) in [6.07, 6.45) is 1.86. The molecule has 0 saturated carbocycles. The highest BCUT2D eigenvalue weighted by Crippen LogP contribution is 2.25. The van der Waals surface area contributed by atoms with E-state index in [0.717, 1.165) is 42.8 Å². The first kappa shape index (κ1) is 35.8. The van der Waals surface area contributed by atoms with Crippen molar-refractivity contribution in [2.24, 2.45) is 5.73 Å². The highest BCUT2D eigenvalue weighted by molar-refractivity contribution is 6.42. The van der Waals surface area contributed by atoms with E-state index in [1.54, 1.807) is 34.9 Å². The Morgan fingerprint density at radius 2 is 1.69 bits per heavy atom. The van der Waals surface area contributed by atoms with Crippen LogP contribution < -0.4 is 20.5 Å². The van der Waals surface area contributed by atoms with Crippen LogP contribution in [-0.4, -0.2) is 51.2 Å². The number of ether oxygens (including phenoxy) is 2. The van der Waals surface area contributed by atoms with E-state index >= 15 is 0 Å². The average molecular weight is 695 g/mol. The lowest BCUT2D eigenvalue weighted by atomic mass is 10.1. The zero-order valence-electron chi connectivity index (χ0n) is 24.5. The topological polar surface area (TPSA) is 142 Å². The molecule has 0 spiro atoms. The van der Waals surface area contributed by atoms with Gasteiger partial charge in [0.25, 0.3) is 0 Å². The molecule has 5 rings (SSSR count). The van der Waals surface area contributed by atoms with E-state index in [4.69, 9.17) is 54.2 Å². The first-order valence-corrected chi connectivity index (χ1v) is 14.7. The Balaban J connectivity index is 0.00000276. The van der Waals surface area contributed by atoms with Crippen molar-refractivity contribution >= 4 is 76.6 Å². The van der Waals surface area contributed by atoms with Crippen molar-refractivity contribution in [1.29, 1.82) is 10.8 Å². The summed E-state index contributed by atoms with van der Waals surface area (Å²) in [6.45, 7) is 3.88. The van der Waals surface area contributed by atoms with Crippen molar-refractivity contribution in [1.82, 2.24) is 19.8 Å². The molecule has 1 aliphatic rings. The maximum absolute atomic E-state index is 13.0. The minimum atomic E-state index is -0.217. The smallest absolute Gasteiger partial charge is 0.240 e. The molecule has 0 atom stereocenters. The lowest BCUT2D eigenvalue weighted by Gasteiger charge is -2.32. The Morgan fingerprint density at radius 3 is 2.33 bits per heavy atom. The van der Waals surface area contributed by atoms with Gasteiger partial charge in [0.15, 0.2) is 0 Å². The maximum atomic E-state index is 13.0. The number of amides is 1. The number of likely N-dealkylation sites (tertiary alicyclic amines) is 1. The van der Waals surface area contributed by atoms with Gasteiger partial charge in [0.1, 0.15) is 42.4 Å². The van der Waals surface area contributed by atoms with Gasteiger partial charge in [0.2, 0.25) is 5.91 Å². The lowest BCUT2D eigenvalue weighted by Crippen LogP contribution is -2.40. The molecule has 1 amide bonds. The molecule has 0 aliphatic carbocycles. The average Bonchev–Trinajstić information content (AvgIpc) is 3.33. The maximum Gasteiger partial charge on any atom is 0.240 e. The van der Waals surface area contributed by atoms with Crippen molar-refractivity contribution in [2.45, 2.75) is 45.6 Å². The molecule has 0 unspecified atom stereocenters. The molecule has 0 radical (unpaired) electrons. The standard InChI is InChI=1S/C31H33Cl2N7O3.2ClH/c1-19(34)39-12-10-24(11-13-39)43-23-6-4-22(5-7-23)42-18-29-38-27-15-21(31(35)36)3-9-28(27)40(29)17-30(41)37-16-20-2-8-25(32)26(33)14-20;;/h2-9,14-15,24,34H,10-13,16-18H2,1H3,(H3,35,36)(H,37,41);2*1H. The van der Waals surface area contributed by atoms with Gasteiger partial charge in [-0.1, -0.05) is 29.3 Å². The lowest BCUT2D eigenvalue weighted by molar-refractivity contribution is -0.121. The Bertz CT molecular complexity index is 1660. The van der Waals surface area contributed by atoms with E-state index in [0.29, 0.717) is 45.1 Å². The second kappa shape index (κ2) is 16.0. The van der Waals surface area contributed by atoms with Crippen molar-refractivity contribution < 1.29 is 14.3 Å². The number of nitrogens with one attached hydrogen (secondary N) is 3. The highest BCUT2D eigenvalue weighted by Gasteiger charge is 2.21. The Morgan fingerprint density at radius 1 is 1.00 bits per heavy atom. The monoisotopic (exact) mass is 693 g/mol. The first-order chi connectivity index (χ1) is 20.7. The number of carbonyl (C=O) groups excluding carboxylic acids is 1. The molecule has 240 valence electrons. The van der Waals surface area contributed by atoms with Gasteiger partial charge in [-0.25, -0.2) is 4.98 Å². The number of fused-ring (bicyclic) bond motifs is 1. The van der Waals surface area contributed by atoms with Gasteiger partial charge in [0.05, 0.1) is 26.9 Å². The summed E-state index contributed by atoms with van der Waals surface area (Å²) in [6, 6.07) is 17.9. The molecule has 5 N–H and O–H groups in total. The van der Waals surface area contributed by atoms with Crippen LogP contribution in [0.1, 0.15) is 36.7 Å². The summed E-state index contributed by atoms with van der Waals surface area (Å²) in [5.41, 5.74) is 8.39. The predicted molar refractivity (Wildman–Crippen MR) is 183 cm³/mol. The van der Waals surface area contributed by atoms with Crippen LogP contribution in [-0.2, 0) is 24.5 Å². The SMILES string of the molecule is CC(=N)N1CCC(Oc2ccc(OCc3nc4cc(C(=N)N)ccc4n3CC(=O)NCc3ccc(Cl)c(Cl)c3)cc2)CC1.Cl.Cl. The molecule has 4 aromatic rings. The van der Waals surface area contributed by atoms with E-state index in [-0.39, 0.29) is 55.8 Å². The van der Waals surface area contributed by atoms with Crippen molar-refractivity contribution in [2.75, 3.05) is 13.1 Å². The Hall–Kier alpha value is -3.70. The van der Waals surface area contributed by atoms with Crippen LogP contribution in [0.4, 0.5) is 0 Å². The molecule has 2 heterocycles. The van der Waals surface area contributed by atoms with Crippen LogP contribution in [0.25, 0.3) is 11.0 Å². The van der Waals surface area contributed by atoms with Crippen LogP contribution in [0.2, 0.25) is 10.0 Å². The van der Waals surface area contributed by atoms with Crippen LogP contribution in [0.15, 0.2) is 60.7 Å². The van der Waals surface area contributed by atoms with Gasteiger partial charge in [-0.3, -0.25) is 15.6 Å². The number of hydrogen-bond donors (Lipinski definition) is 4. The van der Waals surface area contributed by atoms with E-state index in [2.05, 4.69) is 10.2 Å². The number of piperidine rings is 1. The van der Waals surface area contributed by atoms with Crippen LogP contribution in [0, 0.1) is 10.8 Å². The molecular weight excluding hydrogens is 660 g/mol. The second-order valence-corrected chi connectivity index (χ2v) is 11.2. The number of aromatic nitrogens is 2. The number of benzene rings is 3. The van der Waals surface area contributed by atoms with E-state index in [9.17, 15) is 4.79 Å². The van der Waals surface area contributed by atoms with Gasteiger partial charge in [-0.15, -0.1) is 24.8 Å². The number of nitrogens with two attached hydrogens (primary N) is 1. The van der Waals surface area contributed by atoms with Crippen LogP contribution in [0.5, 0.6) is 11.5 Å². The predicted octanol–water partition coefficient (Wildman–Crippen LogP) is 6.21. The molecule has 1 fully saturated rings. The number of imidazole rings is 1. The summed E-state index contributed by atoms with van der Waals surface area (Å²) < 4.78 is 14.0. The second-order valence-electron chi connectivity index (χ2n) is 10.4. The third kappa shape index (κ3) is 9.17. The number of carbonyl (C=O) groups is 1. The van der Waals surface area contributed by atoms with Crippen molar-refractivity contribution in [3.8, 4) is 11.5 Å². The Labute approximate surface area is 284 Å². The van der Waals surface area contributed by atoms with Gasteiger partial charge in [0, 0.05) is 38.0 Å². The van der Waals surface area contributed by atoms with E-state index in [1.807, 2.05) is 37.3 Å². The third-order valence-corrected chi connectivity index (χ3v) is 8.06. The minimum Gasteiger partial charge on any atom is -0.490 e. The zero-order chi connectivity index (χ0) is 30.5. The summed E-state index contributed by atoms with van der Waals surface area (Å²) in [5.74, 6) is 2.26. The normalized spacial score (nSPS) is 13.0. The first-order valence-electron chi connectivity index (χ1n) is 13.9. The molecule has 1 saturated heterocycles. The van der Waals surface area contributed by atoms with Gasteiger partial charge in [-0.05, 0) is 67.1 Å². The van der Waals surface area contributed by atoms with Gasteiger partial charge < -0.3 is 30.0 Å². The molecule has 45 heavy (non-hydrogen) atoms. The summed E-state index contributed by atoms with van der Waals surface area (Å²) in [7, 11) is 0. The quantitative estimate of drug-likeness (QED) is 0.115. The third-order valence-electron chi connectivity index (χ3n) is 7.32. The molecule has 1 aliphatic heterocycles.